The number of carbonyl (C=O) groups is 1. The van der Waals surface area contributed by atoms with E-state index in [2.05, 4.69) is 34.1 Å². The summed E-state index contributed by atoms with van der Waals surface area (Å²) in [6.45, 7) is 4.53. The molecule has 3 aromatic rings. The lowest BCUT2D eigenvalue weighted by molar-refractivity contribution is -0.133. The number of benzene rings is 1. The Morgan fingerprint density at radius 2 is 1.85 bits per heavy atom. The first kappa shape index (κ1) is 17.9. The highest BCUT2D eigenvalue weighted by atomic mass is 32.1. The SMILES string of the molecule is O=C(CCn1cnc2sccc2c1=O)N1CCN(Cc2ccccc2)CC1. The molecule has 1 aliphatic rings. The van der Waals surface area contributed by atoms with Gasteiger partial charge in [-0.05, 0) is 17.0 Å². The summed E-state index contributed by atoms with van der Waals surface area (Å²) < 4.78 is 1.54. The normalized spacial score (nSPS) is 15.3. The topological polar surface area (TPSA) is 58.4 Å². The molecule has 0 spiro atoms. The number of piperazine rings is 1. The summed E-state index contributed by atoms with van der Waals surface area (Å²) in [6, 6.07) is 12.2. The highest BCUT2D eigenvalue weighted by Crippen LogP contribution is 2.14. The van der Waals surface area contributed by atoms with Crippen LogP contribution in [0.25, 0.3) is 10.2 Å². The largest absolute Gasteiger partial charge is 0.340 e. The Balaban J connectivity index is 1.29. The van der Waals surface area contributed by atoms with E-state index < -0.39 is 0 Å². The van der Waals surface area contributed by atoms with E-state index in [1.807, 2.05) is 16.3 Å². The van der Waals surface area contributed by atoms with Crippen molar-refractivity contribution >= 4 is 27.5 Å². The Hall–Kier alpha value is -2.51. The number of amides is 1. The van der Waals surface area contributed by atoms with Crippen LogP contribution >= 0.6 is 11.3 Å². The minimum atomic E-state index is -0.0678. The molecule has 3 heterocycles. The van der Waals surface area contributed by atoms with Crippen molar-refractivity contribution in [3.63, 3.8) is 0 Å². The second-order valence-electron chi connectivity index (χ2n) is 6.78. The van der Waals surface area contributed by atoms with Gasteiger partial charge in [0.2, 0.25) is 5.91 Å². The van der Waals surface area contributed by atoms with Crippen molar-refractivity contribution in [1.82, 2.24) is 19.4 Å². The zero-order chi connectivity index (χ0) is 18.6. The maximum atomic E-state index is 12.5. The molecule has 1 saturated heterocycles. The molecule has 1 aromatic carbocycles. The van der Waals surface area contributed by atoms with Crippen molar-refractivity contribution < 1.29 is 4.79 Å². The quantitative estimate of drug-likeness (QED) is 0.679. The van der Waals surface area contributed by atoms with E-state index in [1.54, 1.807) is 17.0 Å². The number of hydrogen-bond acceptors (Lipinski definition) is 5. The predicted octanol–water partition coefficient (Wildman–Crippen LogP) is 2.19. The summed E-state index contributed by atoms with van der Waals surface area (Å²) in [5.74, 6) is 0.103. The van der Waals surface area contributed by atoms with Crippen molar-refractivity contribution in [3.8, 4) is 0 Å². The van der Waals surface area contributed by atoms with E-state index in [4.69, 9.17) is 0 Å². The van der Waals surface area contributed by atoms with Crippen LogP contribution in [0.4, 0.5) is 0 Å². The Bertz CT molecular complexity index is 974. The van der Waals surface area contributed by atoms with Gasteiger partial charge in [-0.15, -0.1) is 11.3 Å². The van der Waals surface area contributed by atoms with Crippen molar-refractivity contribution in [1.29, 1.82) is 0 Å². The number of aryl methyl sites for hydroxylation is 1. The molecule has 0 radical (unpaired) electrons. The third-order valence-electron chi connectivity index (χ3n) is 4.99. The number of hydrogen-bond donors (Lipinski definition) is 0. The molecule has 6 nitrogen and oxygen atoms in total. The van der Waals surface area contributed by atoms with Gasteiger partial charge in [0.05, 0.1) is 11.7 Å². The number of fused-ring (bicyclic) bond motifs is 1. The lowest BCUT2D eigenvalue weighted by Gasteiger charge is -2.34. The summed E-state index contributed by atoms with van der Waals surface area (Å²) >= 11 is 1.45. The van der Waals surface area contributed by atoms with E-state index in [9.17, 15) is 9.59 Å². The fraction of sp³-hybridized carbons (Fsp3) is 0.350. The molecule has 27 heavy (non-hydrogen) atoms. The van der Waals surface area contributed by atoms with Gasteiger partial charge in [0.15, 0.2) is 0 Å². The van der Waals surface area contributed by atoms with Gasteiger partial charge >= 0.3 is 0 Å². The van der Waals surface area contributed by atoms with Gasteiger partial charge in [-0.1, -0.05) is 30.3 Å². The monoisotopic (exact) mass is 382 g/mol. The molecule has 0 bridgehead atoms. The van der Waals surface area contributed by atoms with Gasteiger partial charge in [0.25, 0.3) is 5.56 Å². The first-order valence-corrected chi connectivity index (χ1v) is 10.1. The maximum Gasteiger partial charge on any atom is 0.262 e. The Labute approximate surface area is 161 Å². The molecule has 1 amide bonds. The summed E-state index contributed by atoms with van der Waals surface area (Å²) in [7, 11) is 0. The minimum absolute atomic E-state index is 0.0678. The van der Waals surface area contributed by atoms with Crippen LogP contribution in [0.15, 0.2) is 52.9 Å². The molecule has 0 saturated carbocycles. The van der Waals surface area contributed by atoms with Gasteiger partial charge in [0, 0.05) is 45.7 Å². The third kappa shape index (κ3) is 4.09. The van der Waals surface area contributed by atoms with Crippen LogP contribution in [0.5, 0.6) is 0 Å². The van der Waals surface area contributed by atoms with Gasteiger partial charge in [0.1, 0.15) is 4.83 Å². The lowest BCUT2D eigenvalue weighted by atomic mass is 10.2. The van der Waals surface area contributed by atoms with Crippen LogP contribution in [0, 0.1) is 0 Å². The van der Waals surface area contributed by atoms with Crippen LogP contribution in [0.2, 0.25) is 0 Å². The third-order valence-corrected chi connectivity index (χ3v) is 5.81. The second-order valence-corrected chi connectivity index (χ2v) is 7.67. The summed E-state index contributed by atoms with van der Waals surface area (Å²) in [5.41, 5.74) is 1.23. The Morgan fingerprint density at radius 1 is 1.07 bits per heavy atom. The van der Waals surface area contributed by atoms with Crippen LogP contribution < -0.4 is 5.56 Å². The van der Waals surface area contributed by atoms with Crippen molar-refractivity contribution in [3.05, 3.63) is 64.0 Å². The molecule has 1 fully saturated rings. The van der Waals surface area contributed by atoms with Crippen LogP contribution in [-0.2, 0) is 17.9 Å². The number of nitrogens with zero attached hydrogens (tertiary/aromatic N) is 4. The molecule has 0 atom stereocenters. The zero-order valence-electron chi connectivity index (χ0n) is 15.1. The van der Waals surface area contributed by atoms with E-state index in [0.29, 0.717) is 18.4 Å². The fourth-order valence-electron chi connectivity index (χ4n) is 3.42. The van der Waals surface area contributed by atoms with E-state index in [-0.39, 0.29) is 11.5 Å². The molecule has 0 unspecified atom stereocenters. The lowest BCUT2D eigenvalue weighted by Crippen LogP contribution is -2.48. The second kappa shape index (κ2) is 8.02. The molecular formula is C20H22N4O2S. The van der Waals surface area contributed by atoms with E-state index in [1.165, 1.54) is 16.9 Å². The fourth-order valence-corrected chi connectivity index (χ4v) is 4.15. The highest BCUT2D eigenvalue weighted by molar-refractivity contribution is 7.16. The Morgan fingerprint density at radius 3 is 2.63 bits per heavy atom. The van der Waals surface area contributed by atoms with Crippen LogP contribution in [0.1, 0.15) is 12.0 Å². The number of rotatable bonds is 5. The smallest absolute Gasteiger partial charge is 0.262 e. The molecule has 0 N–H and O–H groups in total. The van der Waals surface area contributed by atoms with Gasteiger partial charge in [-0.3, -0.25) is 19.1 Å². The minimum Gasteiger partial charge on any atom is -0.340 e. The van der Waals surface area contributed by atoms with Crippen LogP contribution in [0.3, 0.4) is 0 Å². The molecule has 1 aliphatic heterocycles. The summed E-state index contributed by atoms with van der Waals surface area (Å²) in [5, 5.41) is 2.49. The number of aromatic nitrogens is 2. The van der Waals surface area contributed by atoms with Crippen molar-refractivity contribution in [2.75, 3.05) is 26.2 Å². The average Bonchev–Trinajstić information content (AvgIpc) is 3.18. The number of thiophene rings is 1. The summed E-state index contributed by atoms with van der Waals surface area (Å²) in [6.07, 6.45) is 1.88. The molecule has 7 heteroatoms. The first-order chi connectivity index (χ1) is 13.2. The maximum absolute atomic E-state index is 12.5. The van der Waals surface area contributed by atoms with Crippen molar-refractivity contribution in [2.24, 2.45) is 0 Å². The number of carbonyl (C=O) groups excluding carboxylic acids is 1. The van der Waals surface area contributed by atoms with Crippen LogP contribution in [-0.4, -0.2) is 51.4 Å². The van der Waals surface area contributed by atoms with E-state index >= 15 is 0 Å². The molecular weight excluding hydrogens is 360 g/mol. The average molecular weight is 382 g/mol. The Kier molecular flexibility index (Phi) is 5.31. The standard InChI is InChI=1S/C20H22N4O2S/c25-18(6-8-24-15-21-19-17(20(24)26)7-13-27-19)23-11-9-22(10-12-23)14-16-4-2-1-3-5-16/h1-5,7,13,15H,6,8-12,14H2. The van der Waals surface area contributed by atoms with Gasteiger partial charge < -0.3 is 4.90 Å². The predicted molar refractivity (Wildman–Crippen MR) is 107 cm³/mol. The van der Waals surface area contributed by atoms with Gasteiger partial charge in [-0.2, -0.15) is 0 Å². The molecule has 0 aliphatic carbocycles. The molecule has 140 valence electrons. The summed E-state index contributed by atoms with van der Waals surface area (Å²) in [4.78, 5) is 34.2. The zero-order valence-corrected chi connectivity index (χ0v) is 15.9. The van der Waals surface area contributed by atoms with E-state index in [0.717, 1.165) is 37.6 Å². The van der Waals surface area contributed by atoms with Gasteiger partial charge in [-0.25, -0.2) is 4.98 Å². The van der Waals surface area contributed by atoms with Crippen molar-refractivity contribution in [2.45, 2.75) is 19.5 Å². The first-order valence-electron chi connectivity index (χ1n) is 9.17. The highest BCUT2D eigenvalue weighted by Gasteiger charge is 2.21. The molecule has 2 aromatic heterocycles. The molecule has 4 rings (SSSR count).